The van der Waals surface area contributed by atoms with Gasteiger partial charge >= 0.3 is 5.97 Å². The fourth-order valence-electron chi connectivity index (χ4n) is 5.76. The van der Waals surface area contributed by atoms with Gasteiger partial charge in [0, 0.05) is 56.2 Å². The highest BCUT2D eigenvalue weighted by atomic mass is 35.5. The Labute approximate surface area is 284 Å². The number of hydrogen-bond acceptors (Lipinski definition) is 8. The number of nitrogens with zero attached hydrogens (tertiary/aromatic N) is 4. The van der Waals surface area contributed by atoms with Crippen LogP contribution in [0.15, 0.2) is 54.7 Å². The van der Waals surface area contributed by atoms with Crippen LogP contribution in [0.2, 0.25) is 30.7 Å². The number of ether oxygens (including phenoxy) is 2. The third-order valence-electron chi connectivity index (χ3n) is 8.30. The molecule has 0 spiro atoms. The Balaban J connectivity index is 1.30. The number of halogens is 1. The summed E-state index contributed by atoms with van der Waals surface area (Å²) in [5, 5.41) is 13.7. The lowest BCUT2D eigenvalue weighted by Gasteiger charge is -2.29. The highest BCUT2D eigenvalue weighted by molar-refractivity contribution is 6.76. The highest BCUT2D eigenvalue weighted by Crippen LogP contribution is 2.32. The van der Waals surface area contributed by atoms with Crippen molar-refractivity contribution in [3.05, 3.63) is 65.3 Å². The molecule has 2 heterocycles. The van der Waals surface area contributed by atoms with Crippen LogP contribution >= 0.6 is 11.6 Å². The normalized spacial score (nSPS) is 17.1. The quantitative estimate of drug-likeness (QED) is 0.0823. The molecule has 2 aromatic heterocycles. The van der Waals surface area contributed by atoms with E-state index in [1.54, 1.807) is 0 Å². The van der Waals surface area contributed by atoms with Crippen LogP contribution in [0, 0.1) is 5.92 Å². The van der Waals surface area contributed by atoms with Crippen LogP contribution in [0.1, 0.15) is 58.4 Å². The summed E-state index contributed by atoms with van der Waals surface area (Å²) in [4.78, 5) is 22.0. The molecule has 9 nitrogen and oxygen atoms in total. The summed E-state index contributed by atoms with van der Waals surface area (Å²) in [6, 6.07) is 17.4. The second-order valence-corrected chi connectivity index (χ2v) is 20.9. The van der Waals surface area contributed by atoms with Crippen molar-refractivity contribution in [2.45, 2.75) is 103 Å². The number of rotatable bonds is 13. The van der Waals surface area contributed by atoms with Crippen LogP contribution < -0.4 is 10.6 Å². The molecule has 2 aromatic carbocycles. The smallest absolute Gasteiger partial charge is 0.306 e. The van der Waals surface area contributed by atoms with Crippen molar-refractivity contribution in [2.75, 3.05) is 17.2 Å². The van der Waals surface area contributed by atoms with E-state index >= 15 is 0 Å². The summed E-state index contributed by atoms with van der Waals surface area (Å²) in [5.74, 6) is 0.822. The van der Waals surface area contributed by atoms with Crippen LogP contribution in [-0.2, 0) is 27.5 Å². The lowest BCUT2D eigenvalue weighted by molar-refractivity contribution is -0.156. The van der Waals surface area contributed by atoms with Gasteiger partial charge in [0.15, 0.2) is 5.65 Å². The molecule has 0 unspecified atom stereocenters. The third kappa shape index (κ3) is 10.5. The minimum Gasteiger partial charge on any atom is -0.460 e. The number of carbonyl (C=O) groups is 1. The van der Waals surface area contributed by atoms with E-state index in [1.807, 2.05) is 62.0 Å². The maximum Gasteiger partial charge on any atom is 0.306 e. The van der Waals surface area contributed by atoms with E-state index in [9.17, 15) is 4.79 Å². The average molecular weight is 677 g/mol. The molecule has 2 N–H and O–H groups in total. The van der Waals surface area contributed by atoms with Crippen molar-refractivity contribution in [1.82, 2.24) is 19.7 Å². The average Bonchev–Trinajstić information content (AvgIpc) is 3.36. The number of fused-ring (bicyclic) bond motifs is 1. The van der Waals surface area contributed by atoms with Crippen molar-refractivity contribution in [3.8, 4) is 11.3 Å². The lowest BCUT2D eigenvalue weighted by atomic mass is 9.84. The molecule has 1 fully saturated rings. The molecule has 0 bridgehead atoms. The van der Waals surface area contributed by atoms with E-state index in [2.05, 4.69) is 48.5 Å². The van der Waals surface area contributed by atoms with Crippen LogP contribution in [0.4, 0.5) is 11.6 Å². The first-order valence-electron chi connectivity index (χ1n) is 16.7. The Hall–Kier alpha value is -3.47. The first kappa shape index (κ1) is 34.9. The van der Waals surface area contributed by atoms with Gasteiger partial charge in [0.2, 0.25) is 5.95 Å². The first-order valence-corrected chi connectivity index (χ1v) is 20.8. The molecule has 11 heteroatoms. The maximum absolute atomic E-state index is 12.3. The Morgan fingerprint density at radius 2 is 1.81 bits per heavy atom. The Morgan fingerprint density at radius 3 is 2.51 bits per heavy atom. The molecule has 0 atom stereocenters. The predicted molar refractivity (Wildman–Crippen MR) is 193 cm³/mol. The molecular formula is C36H49ClN6O3Si. The Morgan fingerprint density at radius 1 is 1.06 bits per heavy atom. The summed E-state index contributed by atoms with van der Waals surface area (Å²) >= 11 is 6.06. The van der Waals surface area contributed by atoms with E-state index in [1.165, 1.54) is 0 Å². The van der Waals surface area contributed by atoms with Crippen LogP contribution in [-0.4, -0.2) is 52.0 Å². The predicted octanol–water partition coefficient (Wildman–Crippen LogP) is 8.77. The molecule has 47 heavy (non-hydrogen) atoms. The minimum atomic E-state index is -1.23. The van der Waals surface area contributed by atoms with E-state index in [4.69, 9.17) is 36.1 Å². The van der Waals surface area contributed by atoms with Crippen molar-refractivity contribution in [3.63, 3.8) is 0 Å². The van der Waals surface area contributed by atoms with E-state index in [0.29, 0.717) is 38.2 Å². The highest BCUT2D eigenvalue weighted by Gasteiger charge is 2.26. The van der Waals surface area contributed by atoms with Crippen molar-refractivity contribution in [1.29, 1.82) is 0 Å². The van der Waals surface area contributed by atoms with Gasteiger partial charge in [-0.1, -0.05) is 55.5 Å². The van der Waals surface area contributed by atoms with Gasteiger partial charge in [-0.2, -0.15) is 10.1 Å². The van der Waals surface area contributed by atoms with Gasteiger partial charge in [0.1, 0.15) is 18.0 Å². The monoisotopic (exact) mass is 676 g/mol. The van der Waals surface area contributed by atoms with Gasteiger partial charge < -0.3 is 20.1 Å². The SMILES string of the molecule is CC(C)(C)OC(=O)CC1CCC(Nc2ncc3c(-c4cccc(NCc5ccc(Cl)cc5)c4)nn(COCC[Si](C)(C)C)c3n2)CC1. The molecule has 1 aliphatic carbocycles. The standard InChI is InChI=1S/C36H49ClN6O3Si/c1-36(2,3)46-32(44)20-25-12-16-29(17-13-25)40-35-39-23-31-33(42-43(34(31)41-35)24-45-18-19-47(4,5)6)27-8-7-9-30(21-27)38-22-26-10-14-28(37)15-11-26/h7-11,14-15,21,23,25,29,38H,12-13,16-20,22,24H2,1-6H3,(H,39,40,41). The van der Waals surface area contributed by atoms with Crippen molar-refractivity contribution < 1.29 is 14.3 Å². The summed E-state index contributed by atoms with van der Waals surface area (Å²) in [5.41, 5.74) is 4.23. The molecule has 252 valence electrons. The molecule has 4 aromatic rings. The number of nitrogens with one attached hydrogen (secondary N) is 2. The number of esters is 1. The second kappa shape index (κ2) is 15.2. The molecular weight excluding hydrogens is 628 g/mol. The molecule has 5 rings (SSSR count). The largest absolute Gasteiger partial charge is 0.460 e. The zero-order valence-electron chi connectivity index (χ0n) is 28.6. The number of aromatic nitrogens is 4. The van der Waals surface area contributed by atoms with Gasteiger partial charge in [-0.05, 0) is 88.2 Å². The topological polar surface area (TPSA) is 103 Å². The fraction of sp³-hybridized carbons (Fsp3) is 0.500. The lowest BCUT2D eigenvalue weighted by Crippen LogP contribution is -2.30. The van der Waals surface area contributed by atoms with Gasteiger partial charge in [-0.15, -0.1) is 0 Å². The number of hydrogen-bond donors (Lipinski definition) is 2. The number of benzene rings is 2. The van der Waals surface area contributed by atoms with Crippen LogP contribution in [0.3, 0.4) is 0 Å². The van der Waals surface area contributed by atoms with E-state index < -0.39 is 13.7 Å². The summed E-state index contributed by atoms with van der Waals surface area (Å²) in [6.07, 6.45) is 6.19. The van der Waals surface area contributed by atoms with Gasteiger partial charge in [-0.25, -0.2) is 9.67 Å². The van der Waals surface area contributed by atoms with E-state index in [-0.39, 0.29) is 12.0 Å². The molecule has 0 amide bonds. The van der Waals surface area contributed by atoms with Gasteiger partial charge in [0.05, 0.1) is 5.39 Å². The third-order valence-corrected chi connectivity index (χ3v) is 10.3. The van der Waals surface area contributed by atoms with E-state index in [0.717, 1.165) is 70.3 Å². The Bertz CT molecular complexity index is 1640. The second-order valence-electron chi connectivity index (χ2n) is 14.8. The Kier molecular flexibility index (Phi) is 11.2. The van der Waals surface area contributed by atoms with Crippen LogP contribution in [0.25, 0.3) is 22.3 Å². The fourth-order valence-corrected chi connectivity index (χ4v) is 6.64. The molecule has 1 saturated carbocycles. The summed E-state index contributed by atoms with van der Waals surface area (Å²) < 4.78 is 13.5. The molecule has 1 aliphatic rings. The van der Waals surface area contributed by atoms with Gasteiger partial charge in [0.25, 0.3) is 0 Å². The molecule has 0 saturated heterocycles. The maximum atomic E-state index is 12.3. The van der Waals surface area contributed by atoms with Crippen LogP contribution in [0.5, 0.6) is 0 Å². The molecule has 0 radical (unpaired) electrons. The number of carbonyl (C=O) groups excluding carboxylic acids is 1. The first-order chi connectivity index (χ1) is 22.3. The zero-order chi connectivity index (χ0) is 33.6. The van der Waals surface area contributed by atoms with Crippen molar-refractivity contribution in [2.24, 2.45) is 5.92 Å². The van der Waals surface area contributed by atoms with Crippen molar-refractivity contribution >= 4 is 48.3 Å². The zero-order valence-corrected chi connectivity index (χ0v) is 30.4. The molecule has 0 aliphatic heterocycles. The summed E-state index contributed by atoms with van der Waals surface area (Å²) in [6.45, 7) is 14.5. The summed E-state index contributed by atoms with van der Waals surface area (Å²) in [7, 11) is -1.23. The van der Waals surface area contributed by atoms with Gasteiger partial charge in [-0.3, -0.25) is 4.79 Å². The minimum absolute atomic E-state index is 0.110. The number of anilines is 2.